The number of benzene rings is 1. The summed E-state index contributed by atoms with van der Waals surface area (Å²) in [7, 11) is 1.66. The van der Waals surface area contributed by atoms with E-state index in [1.165, 1.54) is 6.42 Å². The number of piperidine rings is 1. The number of ether oxygens (including phenoxy) is 1. The largest absolute Gasteiger partial charge is 0.497 e. The first-order valence-corrected chi connectivity index (χ1v) is 7.20. The molecule has 0 aliphatic carbocycles. The van der Waals surface area contributed by atoms with Crippen molar-refractivity contribution in [1.29, 1.82) is 0 Å². The second-order valence-corrected chi connectivity index (χ2v) is 5.34. The van der Waals surface area contributed by atoms with Gasteiger partial charge in [0.1, 0.15) is 5.75 Å². The fraction of sp³-hybridized carbons (Fsp3) is 0.438. The van der Waals surface area contributed by atoms with Gasteiger partial charge in [0.2, 0.25) is 5.91 Å². The Kier molecular flexibility index (Phi) is 3.63. The van der Waals surface area contributed by atoms with Crippen molar-refractivity contribution in [3.05, 3.63) is 30.0 Å². The van der Waals surface area contributed by atoms with Crippen LogP contribution >= 0.6 is 0 Å². The Morgan fingerprint density at radius 2 is 2.10 bits per heavy atom. The number of methoxy groups -OCH3 is 1. The molecule has 20 heavy (non-hydrogen) atoms. The summed E-state index contributed by atoms with van der Waals surface area (Å²) in [4.78, 5) is 17.6. The Labute approximate surface area is 118 Å². The van der Waals surface area contributed by atoms with Gasteiger partial charge in [-0.3, -0.25) is 4.79 Å². The lowest BCUT2D eigenvalue weighted by atomic mass is 10.1. The highest BCUT2D eigenvalue weighted by Crippen LogP contribution is 2.24. The molecule has 2 heterocycles. The van der Waals surface area contributed by atoms with E-state index in [9.17, 15) is 4.79 Å². The molecule has 4 heteroatoms. The fourth-order valence-electron chi connectivity index (χ4n) is 2.85. The lowest BCUT2D eigenvalue weighted by Crippen LogP contribution is -2.36. The highest BCUT2D eigenvalue weighted by molar-refractivity contribution is 5.89. The van der Waals surface area contributed by atoms with E-state index < -0.39 is 0 Å². The van der Waals surface area contributed by atoms with E-state index in [1.807, 2.05) is 29.3 Å². The second kappa shape index (κ2) is 5.57. The van der Waals surface area contributed by atoms with Gasteiger partial charge in [-0.15, -0.1) is 0 Å². The van der Waals surface area contributed by atoms with Gasteiger partial charge in [0.25, 0.3) is 0 Å². The molecule has 1 aliphatic rings. The van der Waals surface area contributed by atoms with Crippen LogP contribution in [0.3, 0.4) is 0 Å². The SMILES string of the molecule is COc1ccc2[nH]cc(CC(=O)N3CCCCC3)c2c1. The molecule has 0 spiro atoms. The number of amides is 1. The van der Waals surface area contributed by atoms with Crippen LogP contribution in [0.5, 0.6) is 5.75 Å². The van der Waals surface area contributed by atoms with Crippen LogP contribution in [-0.4, -0.2) is 36.0 Å². The summed E-state index contributed by atoms with van der Waals surface area (Å²) in [5.74, 6) is 1.05. The number of fused-ring (bicyclic) bond motifs is 1. The minimum Gasteiger partial charge on any atom is -0.497 e. The zero-order chi connectivity index (χ0) is 13.9. The fourth-order valence-corrected chi connectivity index (χ4v) is 2.85. The minimum atomic E-state index is 0.230. The molecule has 2 aromatic rings. The first-order chi connectivity index (χ1) is 9.78. The second-order valence-electron chi connectivity index (χ2n) is 5.34. The molecule has 1 amide bonds. The number of likely N-dealkylation sites (tertiary alicyclic amines) is 1. The highest BCUT2D eigenvalue weighted by atomic mass is 16.5. The van der Waals surface area contributed by atoms with Crippen molar-refractivity contribution in [3.63, 3.8) is 0 Å². The molecule has 1 aromatic heterocycles. The predicted octanol–water partition coefficient (Wildman–Crippen LogP) is 2.73. The van der Waals surface area contributed by atoms with E-state index >= 15 is 0 Å². The monoisotopic (exact) mass is 272 g/mol. The van der Waals surface area contributed by atoms with Gasteiger partial charge in [0, 0.05) is 30.2 Å². The smallest absolute Gasteiger partial charge is 0.227 e. The first kappa shape index (κ1) is 13.0. The van der Waals surface area contributed by atoms with Crippen LogP contribution in [0.1, 0.15) is 24.8 Å². The number of hydrogen-bond acceptors (Lipinski definition) is 2. The van der Waals surface area contributed by atoms with Gasteiger partial charge in [0.05, 0.1) is 13.5 Å². The maximum Gasteiger partial charge on any atom is 0.227 e. The first-order valence-electron chi connectivity index (χ1n) is 7.20. The third-order valence-electron chi connectivity index (χ3n) is 4.03. The van der Waals surface area contributed by atoms with E-state index in [0.29, 0.717) is 6.42 Å². The number of H-pyrrole nitrogens is 1. The van der Waals surface area contributed by atoms with Crippen LogP contribution in [0.4, 0.5) is 0 Å². The Bertz CT molecular complexity index is 612. The van der Waals surface area contributed by atoms with Gasteiger partial charge in [0.15, 0.2) is 0 Å². The summed E-state index contributed by atoms with van der Waals surface area (Å²) < 4.78 is 5.26. The van der Waals surface area contributed by atoms with E-state index in [-0.39, 0.29) is 5.91 Å². The van der Waals surface area contributed by atoms with Crippen molar-refractivity contribution < 1.29 is 9.53 Å². The molecule has 0 bridgehead atoms. The molecule has 1 saturated heterocycles. The van der Waals surface area contributed by atoms with Crippen LogP contribution in [0.2, 0.25) is 0 Å². The predicted molar refractivity (Wildman–Crippen MR) is 79.0 cm³/mol. The Morgan fingerprint density at radius 3 is 2.85 bits per heavy atom. The highest BCUT2D eigenvalue weighted by Gasteiger charge is 2.18. The van der Waals surface area contributed by atoms with Crippen molar-refractivity contribution in [2.24, 2.45) is 0 Å². The number of hydrogen-bond donors (Lipinski definition) is 1. The number of aromatic amines is 1. The summed E-state index contributed by atoms with van der Waals surface area (Å²) in [5.41, 5.74) is 2.10. The van der Waals surface area contributed by atoms with Crippen molar-refractivity contribution in [1.82, 2.24) is 9.88 Å². The van der Waals surface area contributed by atoms with Gasteiger partial charge < -0.3 is 14.6 Å². The summed E-state index contributed by atoms with van der Waals surface area (Å²) in [6.07, 6.45) is 5.91. The van der Waals surface area contributed by atoms with E-state index in [4.69, 9.17) is 4.74 Å². The van der Waals surface area contributed by atoms with Gasteiger partial charge in [-0.25, -0.2) is 0 Å². The van der Waals surface area contributed by atoms with Crippen LogP contribution in [-0.2, 0) is 11.2 Å². The maximum absolute atomic E-state index is 12.3. The van der Waals surface area contributed by atoms with Crippen molar-refractivity contribution in [2.45, 2.75) is 25.7 Å². The molecule has 1 aliphatic heterocycles. The van der Waals surface area contributed by atoms with Gasteiger partial charge in [-0.2, -0.15) is 0 Å². The number of nitrogens with one attached hydrogen (secondary N) is 1. The normalized spacial score (nSPS) is 15.6. The molecule has 106 valence electrons. The van der Waals surface area contributed by atoms with Crippen molar-refractivity contribution in [2.75, 3.05) is 20.2 Å². The number of rotatable bonds is 3. The molecule has 3 rings (SSSR count). The lowest BCUT2D eigenvalue weighted by molar-refractivity contribution is -0.131. The third-order valence-corrected chi connectivity index (χ3v) is 4.03. The maximum atomic E-state index is 12.3. The van der Waals surface area contributed by atoms with Gasteiger partial charge >= 0.3 is 0 Å². The molecule has 0 atom stereocenters. The van der Waals surface area contributed by atoms with Crippen LogP contribution in [0.15, 0.2) is 24.4 Å². The van der Waals surface area contributed by atoms with Gasteiger partial charge in [-0.1, -0.05) is 0 Å². The molecule has 1 aromatic carbocycles. The van der Waals surface area contributed by atoms with Crippen LogP contribution in [0.25, 0.3) is 10.9 Å². The molecule has 4 nitrogen and oxygen atoms in total. The summed E-state index contributed by atoms with van der Waals surface area (Å²) in [5, 5.41) is 1.08. The summed E-state index contributed by atoms with van der Waals surface area (Å²) >= 11 is 0. The average molecular weight is 272 g/mol. The zero-order valence-corrected chi connectivity index (χ0v) is 11.8. The average Bonchev–Trinajstić information content (AvgIpc) is 2.90. The van der Waals surface area contributed by atoms with E-state index in [1.54, 1.807) is 7.11 Å². The van der Waals surface area contributed by atoms with Gasteiger partial charge in [-0.05, 0) is 43.0 Å². The topological polar surface area (TPSA) is 45.3 Å². The minimum absolute atomic E-state index is 0.230. The van der Waals surface area contributed by atoms with Crippen LogP contribution in [0, 0.1) is 0 Å². The summed E-state index contributed by atoms with van der Waals surface area (Å²) in [6.45, 7) is 1.81. The third kappa shape index (κ3) is 2.50. The van der Waals surface area contributed by atoms with Crippen molar-refractivity contribution >= 4 is 16.8 Å². The molecule has 0 radical (unpaired) electrons. The zero-order valence-electron chi connectivity index (χ0n) is 11.8. The molecule has 0 unspecified atom stereocenters. The molecular formula is C16H20N2O2. The number of carbonyl (C=O) groups excluding carboxylic acids is 1. The number of carbonyl (C=O) groups is 1. The molecular weight excluding hydrogens is 252 g/mol. The number of aromatic nitrogens is 1. The standard InChI is InChI=1S/C16H20N2O2/c1-20-13-5-6-15-14(10-13)12(11-17-15)9-16(19)18-7-3-2-4-8-18/h5-6,10-11,17H,2-4,7-9H2,1H3. The van der Waals surface area contributed by atoms with Crippen LogP contribution < -0.4 is 4.74 Å². The summed E-state index contributed by atoms with van der Waals surface area (Å²) in [6, 6.07) is 5.91. The van der Waals surface area contributed by atoms with E-state index in [2.05, 4.69) is 4.98 Å². The molecule has 1 N–H and O–H groups in total. The Hall–Kier alpha value is -1.97. The Morgan fingerprint density at radius 1 is 1.30 bits per heavy atom. The van der Waals surface area contributed by atoms with Crippen molar-refractivity contribution in [3.8, 4) is 5.75 Å². The number of nitrogens with zero attached hydrogens (tertiary/aromatic N) is 1. The van der Waals surface area contributed by atoms with E-state index in [0.717, 1.165) is 48.1 Å². The quantitative estimate of drug-likeness (QED) is 0.933. The lowest BCUT2D eigenvalue weighted by Gasteiger charge is -2.26. The molecule has 1 fully saturated rings. The molecule has 0 saturated carbocycles. The Balaban J connectivity index is 1.81.